The van der Waals surface area contributed by atoms with Gasteiger partial charge < -0.3 is 10.0 Å². The predicted molar refractivity (Wildman–Crippen MR) is 70.7 cm³/mol. The van der Waals surface area contributed by atoms with Crippen molar-refractivity contribution in [1.82, 2.24) is 4.90 Å². The van der Waals surface area contributed by atoms with E-state index in [9.17, 15) is 27.5 Å². The first-order valence-corrected chi connectivity index (χ1v) is 7.58. The van der Waals surface area contributed by atoms with Gasteiger partial charge in [-0.1, -0.05) is 12.2 Å². The van der Waals surface area contributed by atoms with Crippen molar-refractivity contribution >= 4 is 5.91 Å². The van der Waals surface area contributed by atoms with Crippen LogP contribution in [0.4, 0.5) is 17.6 Å². The Morgan fingerprint density at radius 2 is 1.95 bits per heavy atom. The fraction of sp³-hybridized carbons (Fsp3) is 0.800. The second kappa shape index (κ2) is 4.94. The fourth-order valence-electron chi connectivity index (χ4n) is 3.87. The zero-order chi connectivity index (χ0) is 16.2. The van der Waals surface area contributed by atoms with Crippen molar-refractivity contribution in [2.24, 2.45) is 5.92 Å². The van der Waals surface area contributed by atoms with Crippen molar-refractivity contribution in [3.05, 3.63) is 12.2 Å². The second-order valence-electron chi connectivity index (χ2n) is 6.74. The highest BCUT2D eigenvalue weighted by atomic mass is 19.3. The molecule has 1 saturated heterocycles. The molecular weight excluding hydrogens is 302 g/mol. The van der Waals surface area contributed by atoms with Gasteiger partial charge >= 0.3 is 0 Å². The van der Waals surface area contributed by atoms with Gasteiger partial charge in [0.1, 0.15) is 6.10 Å². The lowest BCUT2D eigenvalue weighted by molar-refractivity contribution is -0.139. The first-order valence-electron chi connectivity index (χ1n) is 7.58. The Hall–Kier alpha value is -1.11. The summed E-state index contributed by atoms with van der Waals surface area (Å²) in [6.45, 7) is -0.807. The molecule has 2 unspecified atom stereocenters. The van der Waals surface area contributed by atoms with Gasteiger partial charge in [-0.25, -0.2) is 17.6 Å². The number of likely N-dealkylation sites (tertiary alicyclic amines) is 1. The number of hydrogen-bond acceptors (Lipinski definition) is 2. The number of halogens is 4. The highest BCUT2D eigenvalue weighted by molar-refractivity contribution is 5.78. The summed E-state index contributed by atoms with van der Waals surface area (Å²) < 4.78 is 53.2. The van der Waals surface area contributed by atoms with E-state index in [2.05, 4.69) is 0 Å². The number of allylic oxidation sites excluding steroid dienone is 1. The van der Waals surface area contributed by atoms with E-state index in [4.69, 9.17) is 0 Å². The summed E-state index contributed by atoms with van der Waals surface area (Å²) in [5, 5.41) is 9.94. The van der Waals surface area contributed by atoms with Crippen molar-refractivity contribution in [3.8, 4) is 0 Å². The van der Waals surface area contributed by atoms with Crippen LogP contribution in [0.25, 0.3) is 0 Å². The van der Waals surface area contributed by atoms with Crippen LogP contribution in [0, 0.1) is 5.92 Å². The summed E-state index contributed by atoms with van der Waals surface area (Å²) in [6.07, 6.45) is 1.88. The maximum atomic E-state index is 13.8. The van der Waals surface area contributed by atoms with Crippen LogP contribution in [0.1, 0.15) is 38.5 Å². The van der Waals surface area contributed by atoms with E-state index in [-0.39, 0.29) is 38.0 Å². The Morgan fingerprint density at radius 1 is 1.27 bits per heavy atom. The van der Waals surface area contributed by atoms with Crippen molar-refractivity contribution in [2.45, 2.75) is 62.0 Å². The molecule has 0 radical (unpaired) electrons. The van der Waals surface area contributed by atoms with Crippen LogP contribution in [0.2, 0.25) is 0 Å². The third-order valence-electron chi connectivity index (χ3n) is 5.11. The molecule has 1 heterocycles. The quantitative estimate of drug-likeness (QED) is 0.641. The number of nitrogens with zero attached hydrogens (tertiary/aromatic N) is 1. The minimum Gasteiger partial charge on any atom is -0.384 e. The van der Waals surface area contributed by atoms with Gasteiger partial charge in [0.05, 0.1) is 12.1 Å². The maximum Gasteiger partial charge on any atom is 0.293 e. The van der Waals surface area contributed by atoms with Gasteiger partial charge in [-0.05, 0) is 25.2 Å². The van der Waals surface area contributed by atoms with Crippen LogP contribution in [0.5, 0.6) is 0 Å². The molecule has 0 aromatic rings. The van der Waals surface area contributed by atoms with Crippen LogP contribution in [-0.4, -0.2) is 45.9 Å². The standard InChI is InChI=1S/C15H19F4NO2/c16-14(17)7-10(8-14)3-4-11(21)20-9-15(18,19)12(22)13(20)5-1-2-6-13/h1,5,10,12,22H,2-4,6-9H2. The molecule has 2 aliphatic carbocycles. The molecule has 7 heteroatoms. The Kier molecular flexibility index (Phi) is 3.54. The lowest BCUT2D eigenvalue weighted by atomic mass is 9.78. The molecule has 3 rings (SSSR count). The number of carbonyl (C=O) groups is 1. The number of aliphatic hydroxyl groups excluding tert-OH is 1. The molecule has 124 valence electrons. The third kappa shape index (κ3) is 2.43. The van der Waals surface area contributed by atoms with Gasteiger partial charge in [0.2, 0.25) is 11.8 Å². The average Bonchev–Trinajstić information content (AvgIpc) is 2.95. The van der Waals surface area contributed by atoms with Crippen molar-refractivity contribution in [2.75, 3.05) is 6.54 Å². The maximum absolute atomic E-state index is 13.8. The molecule has 0 bridgehead atoms. The van der Waals surface area contributed by atoms with Crippen LogP contribution in [-0.2, 0) is 4.79 Å². The van der Waals surface area contributed by atoms with Gasteiger partial charge in [0.25, 0.3) is 5.92 Å². The van der Waals surface area contributed by atoms with Gasteiger partial charge in [0, 0.05) is 19.3 Å². The number of alkyl halides is 4. The van der Waals surface area contributed by atoms with E-state index in [1.165, 1.54) is 6.08 Å². The lowest BCUT2D eigenvalue weighted by Gasteiger charge is -2.37. The summed E-state index contributed by atoms with van der Waals surface area (Å²) in [5.74, 6) is -6.69. The Balaban J connectivity index is 1.65. The molecule has 1 N–H and O–H groups in total. The number of rotatable bonds is 3. The zero-order valence-corrected chi connectivity index (χ0v) is 12.1. The predicted octanol–water partition coefficient (Wildman–Crippen LogP) is 2.74. The molecule has 2 atom stereocenters. The zero-order valence-electron chi connectivity index (χ0n) is 12.1. The summed E-state index contributed by atoms with van der Waals surface area (Å²) in [5.41, 5.74) is -1.33. The molecule has 1 amide bonds. The molecule has 1 saturated carbocycles. The SMILES string of the molecule is O=C(CCC1CC(F)(F)C1)N1CC(F)(F)C(O)C12C=CCC2. The summed E-state index contributed by atoms with van der Waals surface area (Å²) in [7, 11) is 0. The van der Waals surface area contributed by atoms with Crippen molar-refractivity contribution in [3.63, 3.8) is 0 Å². The molecule has 3 nitrogen and oxygen atoms in total. The first-order chi connectivity index (χ1) is 10.2. The topological polar surface area (TPSA) is 40.5 Å². The third-order valence-corrected chi connectivity index (χ3v) is 5.11. The Bertz CT molecular complexity index is 500. The molecule has 0 aromatic heterocycles. The number of aliphatic hydroxyl groups is 1. The molecule has 0 aromatic carbocycles. The number of carbonyl (C=O) groups excluding carboxylic acids is 1. The summed E-state index contributed by atoms with van der Waals surface area (Å²) in [4.78, 5) is 13.4. The monoisotopic (exact) mass is 321 g/mol. The van der Waals surface area contributed by atoms with E-state index >= 15 is 0 Å². The highest BCUT2D eigenvalue weighted by Crippen LogP contribution is 2.47. The van der Waals surface area contributed by atoms with Gasteiger partial charge in [-0.15, -0.1) is 0 Å². The van der Waals surface area contributed by atoms with Gasteiger partial charge in [0.15, 0.2) is 0 Å². The Labute approximate surface area is 126 Å². The van der Waals surface area contributed by atoms with E-state index in [0.717, 1.165) is 4.90 Å². The molecule has 1 aliphatic heterocycles. The van der Waals surface area contributed by atoms with Gasteiger partial charge in [-0.3, -0.25) is 4.79 Å². The van der Waals surface area contributed by atoms with E-state index in [1.807, 2.05) is 0 Å². The minimum absolute atomic E-state index is 0.0286. The molecule has 1 spiro atoms. The van der Waals surface area contributed by atoms with Crippen LogP contribution >= 0.6 is 0 Å². The second-order valence-corrected chi connectivity index (χ2v) is 6.74. The van der Waals surface area contributed by atoms with Crippen molar-refractivity contribution < 1.29 is 27.5 Å². The molecule has 22 heavy (non-hydrogen) atoms. The van der Waals surface area contributed by atoms with Crippen LogP contribution in [0.15, 0.2) is 12.2 Å². The number of amides is 1. The first kappa shape index (κ1) is 15.8. The van der Waals surface area contributed by atoms with Crippen LogP contribution in [0.3, 0.4) is 0 Å². The van der Waals surface area contributed by atoms with Gasteiger partial charge in [-0.2, -0.15) is 0 Å². The molecule has 2 fully saturated rings. The normalized spacial score (nSPS) is 36.0. The smallest absolute Gasteiger partial charge is 0.293 e. The number of hydrogen-bond donors (Lipinski definition) is 1. The largest absolute Gasteiger partial charge is 0.384 e. The Morgan fingerprint density at radius 3 is 2.50 bits per heavy atom. The van der Waals surface area contributed by atoms with Crippen LogP contribution < -0.4 is 0 Å². The average molecular weight is 321 g/mol. The van der Waals surface area contributed by atoms with E-state index < -0.39 is 35.9 Å². The van der Waals surface area contributed by atoms with E-state index in [1.54, 1.807) is 6.08 Å². The lowest BCUT2D eigenvalue weighted by Crippen LogP contribution is -2.51. The molecular formula is C15H19F4NO2. The highest BCUT2D eigenvalue weighted by Gasteiger charge is 2.63. The van der Waals surface area contributed by atoms with E-state index in [0.29, 0.717) is 6.42 Å². The summed E-state index contributed by atoms with van der Waals surface area (Å²) >= 11 is 0. The fourth-order valence-corrected chi connectivity index (χ4v) is 3.87. The summed E-state index contributed by atoms with van der Waals surface area (Å²) in [6, 6.07) is 0. The van der Waals surface area contributed by atoms with Crippen molar-refractivity contribution in [1.29, 1.82) is 0 Å². The molecule has 3 aliphatic rings. The minimum atomic E-state index is -3.34.